The van der Waals surface area contributed by atoms with E-state index in [9.17, 15) is 4.39 Å². The molecule has 3 heteroatoms. The van der Waals surface area contributed by atoms with Crippen LogP contribution in [-0.2, 0) is 11.2 Å². The maximum absolute atomic E-state index is 12.6. The highest BCUT2D eigenvalue weighted by Gasteiger charge is 2.11. The highest BCUT2D eigenvalue weighted by Crippen LogP contribution is 2.10. The first-order valence-electron chi connectivity index (χ1n) is 4.66. The van der Waals surface area contributed by atoms with E-state index in [1.165, 1.54) is 12.1 Å². The minimum absolute atomic E-state index is 0.190. The van der Waals surface area contributed by atoms with Gasteiger partial charge in [0.05, 0.1) is 6.04 Å². The Labute approximate surface area is 82.4 Å². The SMILES string of the molecule is Fc1ccc(CCC2CO[C]=N2)cc1. The lowest BCUT2D eigenvalue weighted by Gasteiger charge is -2.04. The average Bonchev–Trinajstić information content (AvgIpc) is 2.70. The second kappa shape index (κ2) is 4.22. The first-order valence-corrected chi connectivity index (χ1v) is 4.66. The van der Waals surface area contributed by atoms with E-state index >= 15 is 0 Å². The van der Waals surface area contributed by atoms with Crippen LogP contribution >= 0.6 is 0 Å². The van der Waals surface area contributed by atoms with Crippen molar-refractivity contribution in [1.29, 1.82) is 0 Å². The van der Waals surface area contributed by atoms with Crippen molar-refractivity contribution in [2.24, 2.45) is 4.99 Å². The van der Waals surface area contributed by atoms with Gasteiger partial charge in [0.1, 0.15) is 12.4 Å². The smallest absolute Gasteiger partial charge is 0.273 e. The van der Waals surface area contributed by atoms with Crippen LogP contribution in [0.25, 0.3) is 0 Å². The molecule has 14 heavy (non-hydrogen) atoms. The van der Waals surface area contributed by atoms with Crippen LogP contribution in [0.1, 0.15) is 12.0 Å². The molecule has 0 aromatic heterocycles. The summed E-state index contributed by atoms with van der Waals surface area (Å²) in [5.74, 6) is -0.190. The van der Waals surface area contributed by atoms with Gasteiger partial charge in [0.25, 0.3) is 6.40 Å². The van der Waals surface area contributed by atoms with Gasteiger partial charge in [-0.05, 0) is 30.5 Å². The van der Waals surface area contributed by atoms with Gasteiger partial charge < -0.3 is 4.74 Å². The number of rotatable bonds is 3. The van der Waals surface area contributed by atoms with Crippen LogP contribution in [0.4, 0.5) is 4.39 Å². The van der Waals surface area contributed by atoms with Gasteiger partial charge in [-0.15, -0.1) is 0 Å². The quantitative estimate of drug-likeness (QED) is 0.718. The maximum atomic E-state index is 12.6. The highest BCUT2D eigenvalue weighted by molar-refractivity contribution is 5.48. The van der Waals surface area contributed by atoms with E-state index in [4.69, 9.17) is 4.74 Å². The molecule has 1 atom stereocenters. The van der Waals surface area contributed by atoms with Crippen LogP contribution in [-0.4, -0.2) is 19.0 Å². The van der Waals surface area contributed by atoms with E-state index in [0.29, 0.717) is 6.61 Å². The third-order valence-electron chi connectivity index (χ3n) is 2.26. The van der Waals surface area contributed by atoms with Gasteiger partial charge in [0.2, 0.25) is 0 Å². The number of aryl methyl sites for hydroxylation is 1. The predicted molar refractivity (Wildman–Crippen MR) is 51.9 cm³/mol. The molecule has 0 bridgehead atoms. The van der Waals surface area contributed by atoms with E-state index in [0.717, 1.165) is 18.4 Å². The van der Waals surface area contributed by atoms with Crippen LogP contribution in [0.5, 0.6) is 0 Å². The van der Waals surface area contributed by atoms with Crippen molar-refractivity contribution in [2.45, 2.75) is 18.9 Å². The summed E-state index contributed by atoms with van der Waals surface area (Å²) >= 11 is 0. The molecule has 0 amide bonds. The highest BCUT2D eigenvalue weighted by atomic mass is 19.1. The minimum Gasteiger partial charge on any atom is -0.472 e. The molecule has 1 radical (unpaired) electrons. The fourth-order valence-corrected chi connectivity index (χ4v) is 1.41. The summed E-state index contributed by atoms with van der Waals surface area (Å²) in [5, 5.41) is 0. The van der Waals surface area contributed by atoms with E-state index in [1.54, 1.807) is 12.1 Å². The number of halogens is 1. The Morgan fingerprint density at radius 3 is 2.86 bits per heavy atom. The van der Waals surface area contributed by atoms with Gasteiger partial charge in [-0.3, -0.25) is 0 Å². The first kappa shape index (κ1) is 9.19. The normalized spacial score (nSPS) is 19.6. The maximum Gasteiger partial charge on any atom is 0.273 e. The summed E-state index contributed by atoms with van der Waals surface area (Å²) in [6.07, 6.45) is 4.31. The molecule has 1 aliphatic heterocycles. The molecule has 0 saturated carbocycles. The lowest BCUT2D eigenvalue weighted by atomic mass is 10.1. The molecule has 0 fully saturated rings. The predicted octanol–water partition coefficient (Wildman–Crippen LogP) is 2.06. The van der Waals surface area contributed by atoms with Gasteiger partial charge in [-0.1, -0.05) is 12.1 Å². The van der Waals surface area contributed by atoms with E-state index in [-0.39, 0.29) is 11.9 Å². The van der Waals surface area contributed by atoms with E-state index < -0.39 is 0 Å². The summed E-state index contributed by atoms with van der Waals surface area (Å²) in [5.41, 5.74) is 1.13. The van der Waals surface area contributed by atoms with Crippen molar-refractivity contribution in [3.8, 4) is 0 Å². The Kier molecular flexibility index (Phi) is 2.77. The van der Waals surface area contributed by atoms with Crippen LogP contribution in [0.2, 0.25) is 0 Å². The summed E-state index contributed by atoms with van der Waals surface area (Å²) in [6.45, 7) is 0.626. The molecule has 0 spiro atoms. The molecule has 0 saturated heterocycles. The Morgan fingerprint density at radius 2 is 2.21 bits per heavy atom. The Morgan fingerprint density at radius 1 is 1.43 bits per heavy atom. The van der Waals surface area contributed by atoms with Gasteiger partial charge in [0.15, 0.2) is 0 Å². The topological polar surface area (TPSA) is 21.6 Å². The fourth-order valence-electron chi connectivity index (χ4n) is 1.41. The average molecular weight is 192 g/mol. The van der Waals surface area contributed by atoms with Crippen molar-refractivity contribution >= 4 is 6.40 Å². The summed E-state index contributed by atoms with van der Waals surface area (Å²) in [4.78, 5) is 4.02. The molecule has 73 valence electrons. The first-order chi connectivity index (χ1) is 6.84. The van der Waals surface area contributed by atoms with E-state index in [2.05, 4.69) is 11.4 Å². The second-order valence-electron chi connectivity index (χ2n) is 3.35. The number of ether oxygens (including phenoxy) is 1. The zero-order valence-electron chi connectivity index (χ0n) is 7.74. The van der Waals surface area contributed by atoms with Crippen LogP contribution in [0.3, 0.4) is 0 Å². The van der Waals surface area contributed by atoms with Gasteiger partial charge >= 0.3 is 0 Å². The molecule has 0 N–H and O–H groups in total. The molecule has 1 aliphatic rings. The van der Waals surface area contributed by atoms with Crippen molar-refractivity contribution in [3.63, 3.8) is 0 Å². The van der Waals surface area contributed by atoms with Crippen molar-refractivity contribution in [3.05, 3.63) is 35.6 Å². The second-order valence-corrected chi connectivity index (χ2v) is 3.35. The monoisotopic (exact) mass is 192 g/mol. The molecule has 1 aromatic carbocycles. The lowest BCUT2D eigenvalue weighted by molar-refractivity contribution is 0.322. The van der Waals surface area contributed by atoms with Crippen molar-refractivity contribution in [1.82, 2.24) is 0 Å². The Hall–Kier alpha value is -1.38. The minimum atomic E-state index is -0.190. The van der Waals surface area contributed by atoms with Crippen molar-refractivity contribution in [2.75, 3.05) is 6.61 Å². The van der Waals surface area contributed by atoms with Crippen LogP contribution in [0.15, 0.2) is 29.3 Å². The Bertz CT molecular complexity index is 321. The third kappa shape index (κ3) is 2.31. The van der Waals surface area contributed by atoms with E-state index in [1.807, 2.05) is 0 Å². The molecular weight excluding hydrogens is 181 g/mol. The third-order valence-corrected chi connectivity index (χ3v) is 2.26. The largest absolute Gasteiger partial charge is 0.472 e. The summed E-state index contributed by atoms with van der Waals surface area (Å²) in [6, 6.07) is 6.79. The molecule has 1 unspecified atom stereocenters. The van der Waals surface area contributed by atoms with Crippen LogP contribution < -0.4 is 0 Å². The zero-order valence-corrected chi connectivity index (χ0v) is 7.74. The molecule has 1 aromatic rings. The molecule has 2 rings (SSSR count). The van der Waals surface area contributed by atoms with Gasteiger partial charge in [0, 0.05) is 0 Å². The lowest BCUT2D eigenvalue weighted by Crippen LogP contribution is -2.07. The van der Waals surface area contributed by atoms with Crippen molar-refractivity contribution < 1.29 is 9.13 Å². The number of benzene rings is 1. The molecule has 1 heterocycles. The fraction of sp³-hybridized carbons (Fsp3) is 0.364. The van der Waals surface area contributed by atoms with Gasteiger partial charge in [-0.2, -0.15) is 0 Å². The number of aliphatic imine (C=N–C) groups is 1. The molecular formula is C11H11FNO. The number of hydrogen-bond acceptors (Lipinski definition) is 2. The standard InChI is InChI=1S/C11H11FNO/c12-10-4-1-9(2-5-10)3-6-11-7-14-8-13-11/h1-2,4-5,11H,3,6-7H2. The number of nitrogens with zero attached hydrogens (tertiary/aromatic N) is 1. The Balaban J connectivity index is 1.85. The number of hydrogen-bond donors (Lipinski definition) is 0. The molecule has 2 nitrogen and oxygen atoms in total. The zero-order chi connectivity index (χ0) is 9.80. The summed E-state index contributed by atoms with van der Waals surface area (Å²) in [7, 11) is 0. The summed E-state index contributed by atoms with van der Waals surface area (Å²) < 4.78 is 17.5. The van der Waals surface area contributed by atoms with Gasteiger partial charge in [-0.25, -0.2) is 9.38 Å². The molecule has 0 aliphatic carbocycles. The van der Waals surface area contributed by atoms with Crippen LogP contribution in [0, 0.1) is 5.82 Å².